The molecule has 0 bridgehead atoms. The predicted octanol–water partition coefficient (Wildman–Crippen LogP) is 5.46. The SMILES string of the molecule is COc1cc(C(C)=O)ccc1OCC(=O)N(c1ccc(Nc2ccccc2)cc1)C(C)C. The highest BCUT2D eigenvalue weighted by Gasteiger charge is 2.20. The van der Waals surface area contributed by atoms with Crippen LogP contribution >= 0.6 is 0 Å². The molecule has 32 heavy (non-hydrogen) atoms. The van der Waals surface area contributed by atoms with E-state index < -0.39 is 0 Å². The number of nitrogens with zero attached hydrogens (tertiary/aromatic N) is 1. The number of anilines is 3. The summed E-state index contributed by atoms with van der Waals surface area (Å²) >= 11 is 0. The first kappa shape index (κ1) is 22.9. The summed E-state index contributed by atoms with van der Waals surface area (Å²) in [6, 6.07) is 22.4. The number of hydrogen-bond acceptors (Lipinski definition) is 5. The summed E-state index contributed by atoms with van der Waals surface area (Å²) < 4.78 is 11.1. The maximum Gasteiger partial charge on any atom is 0.265 e. The average molecular weight is 433 g/mol. The number of benzene rings is 3. The van der Waals surface area contributed by atoms with Gasteiger partial charge < -0.3 is 19.7 Å². The Hall–Kier alpha value is -3.80. The molecule has 3 aromatic rings. The quantitative estimate of drug-likeness (QED) is 0.455. The first-order chi connectivity index (χ1) is 15.4. The van der Waals surface area contributed by atoms with E-state index in [0.717, 1.165) is 17.1 Å². The molecule has 0 spiro atoms. The van der Waals surface area contributed by atoms with Gasteiger partial charge in [-0.15, -0.1) is 0 Å². The van der Waals surface area contributed by atoms with E-state index in [-0.39, 0.29) is 24.3 Å². The van der Waals surface area contributed by atoms with E-state index in [2.05, 4.69) is 5.32 Å². The minimum absolute atomic E-state index is 0.0546. The van der Waals surface area contributed by atoms with Crippen molar-refractivity contribution in [3.63, 3.8) is 0 Å². The standard InChI is InChI=1S/C26H28N2O4/c1-18(2)28(23-13-11-22(12-14-23)27-21-8-6-5-7-9-21)26(30)17-32-24-15-10-20(19(3)29)16-25(24)31-4/h5-16,18,27H,17H2,1-4H3. The Labute approximate surface area is 188 Å². The van der Waals surface area contributed by atoms with Crippen LogP contribution in [0.5, 0.6) is 11.5 Å². The number of hydrogen-bond donors (Lipinski definition) is 1. The zero-order valence-electron chi connectivity index (χ0n) is 18.8. The first-order valence-electron chi connectivity index (χ1n) is 10.4. The lowest BCUT2D eigenvalue weighted by Crippen LogP contribution is -2.40. The molecular weight excluding hydrogens is 404 g/mol. The molecule has 0 saturated carbocycles. The molecule has 0 aromatic heterocycles. The Kier molecular flexibility index (Phi) is 7.49. The topological polar surface area (TPSA) is 67.9 Å². The Balaban J connectivity index is 1.70. The maximum atomic E-state index is 13.0. The van der Waals surface area contributed by atoms with Crippen LogP contribution in [0, 0.1) is 0 Å². The monoisotopic (exact) mass is 432 g/mol. The van der Waals surface area contributed by atoms with Crippen LogP contribution in [-0.4, -0.2) is 31.4 Å². The van der Waals surface area contributed by atoms with Gasteiger partial charge in [0.15, 0.2) is 23.9 Å². The van der Waals surface area contributed by atoms with Crippen molar-refractivity contribution in [3.05, 3.63) is 78.4 Å². The van der Waals surface area contributed by atoms with Gasteiger partial charge in [0.25, 0.3) is 5.91 Å². The summed E-state index contributed by atoms with van der Waals surface area (Å²) in [5, 5.41) is 3.33. The second-order valence-electron chi connectivity index (χ2n) is 7.61. The lowest BCUT2D eigenvalue weighted by molar-refractivity contribution is -0.120. The molecule has 0 aliphatic carbocycles. The lowest BCUT2D eigenvalue weighted by Gasteiger charge is -2.27. The molecule has 3 aromatic carbocycles. The Morgan fingerprint density at radius 1 is 0.906 bits per heavy atom. The molecule has 1 N–H and O–H groups in total. The van der Waals surface area contributed by atoms with Crippen LogP contribution in [0.4, 0.5) is 17.1 Å². The number of amides is 1. The fraction of sp³-hybridized carbons (Fsp3) is 0.231. The highest BCUT2D eigenvalue weighted by Crippen LogP contribution is 2.29. The van der Waals surface area contributed by atoms with Gasteiger partial charge in [0.2, 0.25) is 0 Å². The third-order valence-corrected chi connectivity index (χ3v) is 4.91. The molecule has 0 aliphatic rings. The summed E-state index contributed by atoms with van der Waals surface area (Å²) in [6.45, 7) is 5.24. The normalized spacial score (nSPS) is 10.5. The molecule has 0 saturated heterocycles. The average Bonchev–Trinajstić information content (AvgIpc) is 2.79. The number of ketones is 1. The largest absolute Gasteiger partial charge is 0.493 e. The first-order valence-corrected chi connectivity index (χ1v) is 10.4. The third kappa shape index (κ3) is 5.66. The third-order valence-electron chi connectivity index (χ3n) is 4.91. The Bertz CT molecular complexity index is 1060. The fourth-order valence-electron chi connectivity index (χ4n) is 3.34. The number of ether oxygens (including phenoxy) is 2. The van der Waals surface area contributed by atoms with Gasteiger partial charge in [-0.25, -0.2) is 0 Å². The molecule has 0 aliphatic heterocycles. The molecule has 0 unspecified atom stereocenters. The van der Waals surface area contributed by atoms with Crippen LogP contribution in [0.15, 0.2) is 72.8 Å². The molecule has 0 radical (unpaired) electrons. The van der Waals surface area contributed by atoms with Crippen molar-refractivity contribution in [2.24, 2.45) is 0 Å². The zero-order valence-corrected chi connectivity index (χ0v) is 18.8. The minimum Gasteiger partial charge on any atom is -0.493 e. The smallest absolute Gasteiger partial charge is 0.265 e. The van der Waals surface area contributed by atoms with Gasteiger partial charge in [-0.3, -0.25) is 9.59 Å². The number of carbonyl (C=O) groups is 2. The number of nitrogens with one attached hydrogen (secondary N) is 1. The maximum absolute atomic E-state index is 13.0. The van der Waals surface area contributed by atoms with Gasteiger partial charge in [0.1, 0.15) is 0 Å². The number of Topliss-reactive ketones (excluding diaryl/α,β-unsaturated/α-hetero) is 1. The summed E-state index contributed by atoms with van der Waals surface area (Å²) in [4.78, 5) is 26.3. The van der Waals surface area contributed by atoms with Crippen LogP contribution < -0.4 is 19.7 Å². The van der Waals surface area contributed by atoms with E-state index in [9.17, 15) is 9.59 Å². The van der Waals surface area contributed by atoms with Crippen molar-refractivity contribution >= 4 is 28.8 Å². The van der Waals surface area contributed by atoms with E-state index in [0.29, 0.717) is 17.1 Å². The summed E-state index contributed by atoms with van der Waals surface area (Å²) in [5.74, 6) is 0.582. The molecule has 6 nitrogen and oxygen atoms in total. The summed E-state index contributed by atoms with van der Waals surface area (Å²) in [6.07, 6.45) is 0. The van der Waals surface area contributed by atoms with Crippen molar-refractivity contribution < 1.29 is 19.1 Å². The second-order valence-corrected chi connectivity index (χ2v) is 7.61. The van der Waals surface area contributed by atoms with Gasteiger partial charge in [-0.2, -0.15) is 0 Å². The Morgan fingerprint density at radius 3 is 2.16 bits per heavy atom. The molecule has 0 fully saturated rings. The van der Waals surface area contributed by atoms with E-state index in [1.54, 1.807) is 23.1 Å². The second kappa shape index (κ2) is 10.5. The van der Waals surface area contributed by atoms with Crippen LogP contribution in [0.2, 0.25) is 0 Å². The van der Waals surface area contributed by atoms with Crippen LogP contribution in [0.25, 0.3) is 0 Å². The molecule has 166 valence electrons. The number of methoxy groups -OCH3 is 1. The van der Waals surface area contributed by atoms with Crippen molar-refractivity contribution in [3.8, 4) is 11.5 Å². The molecule has 3 rings (SSSR count). The van der Waals surface area contributed by atoms with Crippen molar-refractivity contribution in [1.29, 1.82) is 0 Å². The van der Waals surface area contributed by atoms with E-state index in [4.69, 9.17) is 9.47 Å². The van der Waals surface area contributed by atoms with Gasteiger partial charge in [0, 0.05) is 28.7 Å². The highest BCUT2D eigenvalue weighted by atomic mass is 16.5. The Morgan fingerprint density at radius 2 is 1.56 bits per heavy atom. The molecule has 0 atom stereocenters. The predicted molar refractivity (Wildman–Crippen MR) is 127 cm³/mol. The van der Waals surface area contributed by atoms with Gasteiger partial charge in [-0.1, -0.05) is 18.2 Å². The molecule has 6 heteroatoms. The number of para-hydroxylation sites is 1. The molecular formula is C26H28N2O4. The van der Waals surface area contributed by atoms with Gasteiger partial charge in [0.05, 0.1) is 7.11 Å². The van der Waals surface area contributed by atoms with Crippen molar-refractivity contribution in [2.45, 2.75) is 26.8 Å². The summed E-state index contributed by atoms with van der Waals surface area (Å²) in [7, 11) is 1.50. The fourth-order valence-corrected chi connectivity index (χ4v) is 3.34. The van der Waals surface area contributed by atoms with Crippen molar-refractivity contribution in [2.75, 3.05) is 23.9 Å². The minimum atomic E-state index is -0.179. The van der Waals surface area contributed by atoms with Crippen molar-refractivity contribution in [1.82, 2.24) is 0 Å². The number of carbonyl (C=O) groups excluding carboxylic acids is 2. The lowest BCUT2D eigenvalue weighted by atomic mass is 10.1. The van der Waals surface area contributed by atoms with Crippen LogP contribution in [-0.2, 0) is 4.79 Å². The highest BCUT2D eigenvalue weighted by molar-refractivity contribution is 5.96. The van der Waals surface area contributed by atoms with Crippen LogP contribution in [0.3, 0.4) is 0 Å². The molecule has 1 amide bonds. The molecule has 0 heterocycles. The summed E-state index contributed by atoms with van der Waals surface area (Å²) in [5.41, 5.74) is 3.23. The van der Waals surface area contributed by atoms with E-state index >= 15 is 0 Å². The number of rotatable bonds is 9. The van der Waals surface area contributed by atoms with E-state index in [1.807, 2.05) is 68.4 Å². The van der Waals surface area contributed by atoms with Gasteiger partial charge in [-0.05, 0) is 75.4 Å². The van der Waals surface area contributed by atoms with Gasteiger partial charge >= 0.3 is 0 Å². The zero-order chi connectivity index (χ0) is 23.1. The van der Waals surface area contributed by atoms with E-state index in [1.165, 1.54) is 14.0 Å². The van der Waals surface area contributed by atoms with Crippen LogP contribution in [0.1, 0.15) is 31.1 Å².